The third-order valence-corrected chi connectivity index (χ3v) is 4.48. The molecule has 0 unspecified atom stereocenters. The molecule has 0 aliphatic heterocycles. The Balaban J connectivity index is 1.46. The van der Waals surface area contributed by atoms with E-state index in [9.17, 15) is 4.79 Å². The Morgan fingerprint density at radius 1 is 1.40 bits per heavy atom. The molecule has 1 aliphatic carbocycles. The number of aromatic nitrogens is 2. The Morgan fingerprint density at radius 2 is 2.24 bits per heavy atom. The fourth-order valence-electron chi connectivity index (χ4n) is 2.71. The number of nitrogens with zero attached hydrogens (tertiary/aromatic N) is 1. The molecule has 25 heavy (non-hydrogen) atoms. The SMILES string of the molecule is Cc1cc(COc2cc3[nH]c(CNC(=O)C4CC4)cc3cc2Cl)no1. The number of aryl methyl sites for hydroxylation is 1. The van der Waals surface area contributed by atoms with Crippen LogP contribution in [0.4, 0.5) is 0 Å². The highest BCUT2D eigenvalue weighted by atomic mass is 35.5. The van der Waals surface area contributed by atoms with Gasteiger partial charge in [-0.1, -0.05) is 16.8 Å². The third-order valence-electron chi connectivity index (χ3n) is 4.18. The number of ether oxygens (including phenoxy) is 1. The Kier molecular flexibility index (Phi) is 4.13. The molecule has 0 bridgehead atoms. The van der Waals surface area contributed by atoms with Crippen LogP contribution in [0.25, 0.3) is 10.9 Å². The number of fused-ring (bicyclic) bond motifs is 1. The largest absolute Gasteiger partial charge is 0.486 e. The van der Waals surface area contributed by atoms with Crippen molar-refractivity contribution in [1.29, 1.82) is 0 Å². The highest BCUT2D eigenvalue weighted by Crippen LogP contribution is 2.31. The first-order valence-electron chi connectivity index (χ1n) is 8.22. The highest BCUT2D eigenvalue weighted by Gasteiger charge is 2.29. The number of benzene rings is 1. The summed E-state index contributed by atoms with van der Waals surface area (Å²) in [5.41, 5.74) is 2.55. The molecule has 1 fully saturated rings. The minimum atomic E-state index is 0.128. The van der Waals surface area contributed by atoms with E-state index in [0.717, 1.165) is 35.2 Å². The average Bonchev–Trinajstić information content (AvgIpc) is 3.25. The van der Waals surface area contributed by atoms with Gasteiger partial charge in [-0.15, -0.1) is 0 Å². The van der Waals surface area contributed by atoms with E-state index in [-0.39, 0.29) is 18.4 Å². The topological polar surface area (TPSA) is 80.1 Å². The molecule has 0 atom stereocenters. The number of halogens is 1. The van der Waals surface area contributed by atoms with Gasteiger partial charge >= 0.3 is 0 Å². The molecule has 0 radical (unpaired) electrons. The standard InChI is InChI=1S/C18H18ClN3O3/c1-10-4-14(22-25-10)9-24-17-7-16-12(6-15(17)19)5-13(21-16)8-20-18(23)11-2-3-11/h4-7,11,21H,2-3,8-9H2,1H3,(H,20,23). The first kappa shape index (κ1) is 16.0. The zero-order valence-electron chi connectivity index (χ0n) is 13.8. The summed E-state index contributed by atoms with van der Waals surface area (Å²) in [6.07, 6.45) is 2.00. The third kappa shape index (κ3) is 3.64. The monoisotopic (exact) mass is 359 g/mol. The maximum Gasteiger partial charge on any atom is 0.223 e. The predicted molar refractivity (Wildman–Crippen MR) is 93.5 cm³/mol. The molecule has 1 saturated carbocycles. The molecule has 1 aliphatic rings. The normalized spacial score (nSPS) is 14.0. The van der Waals surface area contributed by atoms with Gasteiger partial charge in [-0.05, 0) is 31.9 Å². The number of carbonyl (C=O) groups is 1. The fraction of sp³-hybridized carbons (Fsp3) is 0.333. The fourth-order valence-corrected chi connectivity index (χ4v) is 2.94. The lowest BCUT2D eigenvalue weighted by atomic mass is 10.2. The predicted octanol–water partition coefficient (Wildman–Crippen LogP) is 3.72. The van der Waals surface area contributed by atoms with E-state index in [4.69, 9.17) is 20.9 Å². The molecule has 7 heteroatoms. The van der Waals surface area contributed by atoms with Gasteiger partial charge in [-0.3, -0.25) is 4.79 Å². The van der Waals surface area contributed by atoms with Crippen LogP contribution in [0.5, 0.6) is 5.75 Å². The van der Waals surface area contributed by atoms with Crippen molar-refractivity contribution in [3.63, 3.8) is 0 Å². The van der Waals surface area contributed by atoms with Crippen LogP contribution in [0, 0.1) is 12.8 Å². The van der Waals surface area contributed by atoms with Crippen molar-refractivity contribution in [2.45, 2.75) is 32.9 Å². The smallest absolute Gasteiger partial charge is 0.223 e. The zero-order valence-corrected chi connectivity index (χ0v) is 14.5. The Bertz CT molecular complexity index is 927. The molecule has 1 aromatic carbocycles. The number of nitrogens with one attached hydrogen (secondary N) is 2. The molecule has 2 aromatic heterocycles. The first-order chi connectivity index (χ1) is 12.1. The number of amides is 1. The molecule has 0 spiro atoms. The van der Waals surface area contributed by atoms with E-state index >= 15 is 0 Å². The van der Waals surface area contributed by atoms with Gasteiger partial charge in [-0.2, -0.15) is 0 Å². The second-order valence-electron chi connectivity index (χ2n) is 6.37. The molecular weight excluding hydrogens is 342 g/mol. The lowest BCUT2D eigenvalue weighted by Gasteiger charge is -2.06. The minimum absolute atomic E-state index is 0.128. The van der Waals surface area contributed by atoms with Crippen LogP contribution in [-0.4, -0.2) is 16.0 Å². The van der Waals surface area contributed by atoms with Crippen molar-refractivity contribution in [1.82, 2.24) is 15.5 Å². The second kappa shape index (κ2) is 6.44. The molecular formula is C18H18ClN3O3. The summed E-state index contributed by atoms with van der Waals surface area (Å²) in [6, 6.07) is 7.51. The Labute approximate surface area is 149 Å². The van der Waals surface area contributed by atoms with Gasteiger partial charge < -0.3 is 19.6 Å². The van der Waals surface area contributed by atoms with Crippen LogP contribution in [0.2, 0.25) is 5.02 Å². The van der Waals surface area contributed by atoms with Gasteiger partial charge in [0.25, 0.3) is 0 Å². The number of hydrogen-bond donors (Lipinski definition) is 2. The van der Waals surface area contributed by atoms with Gasteiger partial charge in [0, 0.05) is 34.6 Å². The minimum Gasteiger partial charge on any atom is -0.486 e. The molecule has 3 aromatic rings. The van der Waals surface area contributed by atoms with Crippen LogP contribution in [-0.2, 0) is 17.9 Å². The van der Waals surface area contributed by atoms with Crippen molar-refractivity contribution in [2.24, 2.45) is 5.92 Å². The maximum absolute atomic E-state index is 11.7. The van der Waals surface area contributed by atoms with E-state index in [2.05, 4.69) is 15.5 Å². The summed E-state index contributed by atoms with van der Waals surface area (Å²) in [5, 5.41) is 8.35. The summed E-state index contributed by atoms with van der Waals surface area (Å²) in [5.74, 6) is 1.65. The molecule has 2 heterocycles. The summed E-state index contributed by atoms with van der Waals surface area (Å²) in [4.78, 5) is 15.0. The summed E-state index contributed by atoms with van der Waals surface area (Å²) in [6.45, 7) is 2.60. The lowest BCUT2D eigenvalue weighted by Crippen LogP contribution is -2.24. The van der Waals surface area contributed by atoms with Gasteiger partial charge in [0.15, 0.2) is 0 Å². The Hall–Kier alpha value is -2.47. The second-order valence-corrected chi connectivity index (χ2v) is 6.78. The van der Waals surface area contributed by atoms with Gasteiger partial charge in [0.2, 0.25) is 5.91 Å². The maximum atomic E-state index is 11.7. The molecule has 1 amide bonds. The number of rotatable bonds is 6. The lowest BCUT2D eigenvalue weighted by molar-refractivity contribution is -0.122. The van der Waals surface area contributed by atoms with E-state index in [1.807, 2.05) is 31.2 Å². The van der Waals surface area contributed by atoms with Crippen molar-refractivity contribution in [3.8, 4) is 5.75 Å². The van der Waals surface area contributed by atoms with Crippen molar-refractivity contribution < 1.29 is 14.1 Å². The van der Waals surface area contributed by atoms with Gasteiger partial charge in [0.1, 0.15) is 23.8 Å². The van der Waals surface area contributed by atoms with Crippen molar-refractivity contribution in [3.05, 3.63) is 46.4 Å². The van der Waals surface area contributed by atoms with Crippen LogP contribution >= 0.6 is 11.6 Å². The summed E-state index contributed by atoms with van der Waals surface area (Å²) >= 11 is 6.31. The van der Waals surface area contributed by atoms with Crippen LogP contribution in [0.15, 0.2) is 28.8 Å². The zero-order chi connectivity index (χ0) is 17.4. The Morgan fingerprint density at radius 3 is 2.96 bits per heavy atom. The highest BCUT2D eigenvalue weighted by molar-refractivity contribution is 6.32. The van der Waals surface area contributed by atoms with E-state index < -0.39 is 0 Å². The number of aromatic amines is 1. The molecule has 130 valence electrons. The van der Waals surface area contributed by atoms with E-state index in [0.29, 0.717) is 23.0 Å². The average molecular weight is 360 g/mol. The molecule has 4 rings (SSSR count). The van der Waals surface area contributed by atoms with E-state index in [1.54, 1.807) is 0 Å². The summed E-state index contributed by atoms with van der Waals surface area (Å²) in [7, 11) is 0. The summed E-state index contributed by atoms with van der Waals surface area (Å²) < 4.78 is 10.8. The number of H-pyrrole nitrogens is 1. The van der Waals surface area contributed by atoms with Crippen LogP contribution in [0.1, 0.15) is 30.0 Å². The number of hydrogen-bond acceptors (Lipinski definition) is 4. The number of carbonyl (C=O) groups excluding carboxylic acids is 1. The molecule has 6 nitrogen and oxygen atoms in total. The molecule has 2 N–H and O–H groups in total. The first-order valence-corrected chi connectivity index (χ1v) is 8.60. The van der Waals surface area contributed by atoms with E-state index in [1.165, 1.54) is 0 Å². The van der Waals surface area contributed by atoms with Crippen LogP contribution in [0.3, 0.4) is 0 Å². The molecule has 0 saturated heterocycles. The van der Waals surface area contributed by atoms with Crippen molar-refractivity contribution >= 4 is 28.4 Å². The van der Waals surface area contributed by atoms with Crippen LogP contribution < -0.4 is 10.1 Å². The van der Waals surface area contributed by atoms with Gasteiger partial charge in [0.05, 0.1) is 11.6 Å². The van der Waals surface area contributed by atoms with Gasteiger partial charge in [-0.25, -0.2) is 0 Å². The van der Waals surface area contributed by atoms with Crippen molar-refractivity contribution in [2.75, 3.05) is 0 Å². The quantitative estimate of drug-likeness (QED) is 0.702.